The fourth-order valence-electron chi connectivity index (χ4n) is 2.99. The van der Waals surface area contributed by atoms with E-state index >= 15 is 0 Å². The zero-order chi connectivity index (χ0) is 10.7. The van der Waals surface area contributed by atoms with Crippen LogP contribution in [-0.2, 0) is 4.74 Å². The van der Waals surface area contributed by atoms with Crippen molar-refractivity contribution in [1.82, 2.24) is 0 Å². The van der Waals surface area contributed by atoms with Crippen LogP contribution >= 0.6 is 0 Å². The Bertz CT molecular complexity index is 201. The number of unbranched alkanes of at least 4 members (excludes halogenated alkanes) is 2. The lowest BCUT2D eigenvalue weighted by Gasteiger charge is -2.32. The first-order valence-electron chi connectivity index (χ1n) is 6.55. The molecule has 0 radical (unpaired) electrons. The van der Waals surface area contributed by atoms with Crippen molar-refractivity contribution in [3.8, 4) is 0 Å². The third-order valence-corrected chi connectivity index (χ3v) is 4.14. The lowest BCUT2D eigenvalue weighted by Crippen LogP contribution is -2.36. The van der Waals surface area contributed by atoms with Gasteiger partial charge in [-0.25, -0.2) is 0 Å². The van der Waals surface area contributed by atoms with Crippen LogP contribution in [0.1, 0.15) is 51.9 Å². The second kappa shape index (κ2) is 4.84. The lowest BCUT2D eigenvalue weighted by molar-refractivity contribution is -0.00547. The van der Waals surface area contributed by atoms with Gasteiger partial charge in [-0.05, 0) is 31.6 Å². The first-order chi connectivity index (χ1) is 7.32. The van der Waals surface area contributed by atoms with Crippen molar-refractivity contribution >= 4 is 0 Å². The Hall–Kier alpha value is -0.0800. The van der Waals surface area contributed by atoms with Gasteiger partial charge < -0.3 is 9.84 Å². The Balaban J connectivity index is 1.92. The summed E-state index contributed by atoms with van der Waals surface area (Å²) < 4.78 is 5.85. The Kier molecular flexibility index (Phi) is 3.68. The first kappa shape index (κ1) is 11.4. The summed E-state index contributed by atoms with van der Waals surface area (Å²) in [6.45, 7) is 3.43. The molecule has 0 aromatic carbocycles. The van der Waals surface area contributed by atoms with E-state index in [4.69, 9.17) is 4.74 Å². The topological polar surface area (TPSA) is 29.5 Å². The molecule has 0 aromatic heterocycles. The van der Waals surface area contributed by atoms with E-state index in [0.717, 1.165) is 18.9 Å². The summed E-state index contributed by atoms with van der Waals surface area (Å²) in [5.41, 5.74) is 0.121. The summed E-state index contributed by atoms with van der Waals surface area (Å²) in [4.78, 5) is 0. The van der Waals surface area contributed by atoms with E-state index < -0.39 is 0 Å². The highest BCUT2D eigenvalue weighted by Crippen LogP contribution is 2.49. The van der Waals surface area contributed by atoms with Crippen LogP contribution in [0.5, 0.6) is 0 Å². The summed E-state index contributed by atoms with van der Waals surface area (Å²) in [7, 11) is 0. The molecule has 1 aliphatic carbocycles. The minimum Gasteiger partial charge on any atom is -0.396 e. The molecule has 1 heterocycles. The number of aliphatic hydroxyl groups excluding tert-OH is 1. The molecular formula is C13H24O2. The smallest absolute Gasteiger partial charge is 0.0682 e. The molecule has 0 amide bonds. The molecule has 2 heteroatoms. The maximum atomic E-state index is 9.68. The monoisotopic (exact) mass is 212 g/mol. The molecule has 2 atom stereocenters. The van der Waals surface area contributed by atoms with Crippen LogP contribution in [0, 0.1) is 11.3 Å². The van der Waals surface area contributed by atoms with Crippen LogP contribution in [0.15, 0.2) is 0 Å². The summed E-state index contributed by atoms with van der Waals surface area (Å²) in [5, 5.41) is 9.68. The van der Waals surface area contributed by atoms with E-state index in [2.05, 4.69) is 6.92 Å². The van der Waals surface area contributed by atoms with Gasteiger partial charge >= 0.3 is 0 Å². The third-order valence-electron chi connectivity index (χ3n) is 4.14. The maximum Gasteiger partial charge on any atom is 0.0682 e. The highest BCUT2D eigenvalue weighted by atomic mass is 16.5. The number of aliphatic hydroxyl groups is 1. The van der Waals surface area contributed by atoms with Crippen molar-refractivity contribution in [1.29, 1.82) is 0 Å². The average molecular weight is 212 g/mol. The zero-order valence-corrected chi connectivity index (χ0v) is 9.87. The number of ether oxygens (including phenoxy) is 1. The molecular weight excluding hydrogens is 188 g/mol. The molecule has 0 bridgehead atoms. The molecule has 1 aliphatic heterocycles. The van der Waals surface area contributed by atoms with Crippen LogP contribution in [0.3, 0.4) is 0 Å². The molecule has 15 heavy (non-hydrogen) atoms. The molecule has 2 unspecified atom stereocenters. The van der Waals surface area contributed by atoms with E-state index in [1.54, 1.807) is 0 Å². The molecule has 1 N–H and O–H groups in total. The van der Waals surface area contributed by atoms with Gasteiger partial charge in [-0.3, -0.25) is 0 Å². The molecule has 2 fully saturated rings. The van der Waals surface area contributed by atoms with Crippen molar-refractivity contribution in [2.75, 3.05) is 13.2 Å². The van der Waals surface area contributed by atoms with Crippen molar-refractivity contribution in [3.63, 3.8) is 0 Å². The average Bonchev–Trinajstić information content (AvgIpc) is 3.01. The normalized spacial score (nSPS) is 36.0. The SMILES string of the molecule is CCCCCC1(CO)CCOC1C1CC1. The van der Waals surface area contributed by atoms with Gasteiger partial charge in [0.25, 0.3) is 0 Å². The van der Waals surface area contributed by atoms with Crippen LogP contribution in [0.2, 0.25) is 0 Å². The minimum atomic E-state index is 0.121. The van der Waals surface area contributed by atoms with Crippen molar-refractivity contribution in [2.24, 2.45) is 11.3 Å². The van der Waals surface area contributed by atoms with Gasteiger partial charge in [0.2, 0.25) is 0 Å². The fourth-order valence-corrected chi connectivity index (χ4v) is 2.99. The van der Waals surface area contributed by atoms with E-state index in [-0.39, 0.29) is 5.41 Å². The van der Waals surface area contributed by atoms with Gasteiger partial charge in [-0.2, -0.15) is 0 Å². The highest BCUT2D eigenvalue weighted by Gasteiger charge is 2.50. The summed E-state index contributed by atoms with van der Waals surface area (Å²) in [5.74, 6) is 0.765. The molecule has 2 aliphatic rings. The standard InChI is InChI=1S/C13H24O2/c1-2-3-4-7-13(10-14)8-9-15-12(13)11-5-6-11/h11-12,14H,2-10H2,1H3. The largest absolute Gasteiger partial charge is 0.396 e. The number of hydrogen-bond acceptors (Lipinski definition) is 2. The molecule has 0 spiro atoms. The highest BCUT2D eigenvalue weighted by molar-refractivity contribution is 4.99. The van der Waals surface area contributed by atoms with Crippen LogP contribution in [0.25, 0.3) is 0 Å². The van der Waals surface area contributed by atoms with Crippen molar-refractivity contribution < 1.29 is 9.84 Å². The van der Waals surface area contributed by atoms with Crippen LogP contribution in [-0.4, -0.2) is 24.4 Å². The van der Waals surface area contributed by atoms with E-state index in [1.165, 1.54) is 38.5 Å². The van der Waals surface area contributed by atoms with Crippen LogP contribution in [0.4, 0.5) is 0 Å². The molecule has 88 valence electrons. The maximum absolute atomic E-state index is 9.68. The summed E-state index contributed by atoms with van der Waals surface area (Å²) in [6, 6.07) is 0. The Morgan fingerprint density at radius 3 is 2.73 bits per heavy atom. The van der Waals surface area contributed by atoms with Gasteiger partial charge in [-0.15, -0.1) is 0 Å². The Morgan fingerprint density at radius 2 is 2.13 bits per heavy atom. The second-order valence-electron chi connectivity index (χ2n) is 5.36. The van der Waals surface area contributed by atoms with Gasteiger partial charge in [0.1, 0.15) is 0 Å². The lowest BCUT2D eigenvalue weighted by atomic mass is 9.75. The van der Waals surface area contributed by atoms with Gasteiger partial charge in [0.15, 0.2) is 0 Å². The summed E-state index contributed by atoms with van der Waals surface area (Å²) >= 11 is 0. The third kappa shape index (κ3) is 2.36. The van der Waals surface area contributed by atoms with Crippen molar-refractivity contribution in [3.05, 3.63) is 0 Å². The van der Waals surface area contributed by atoms with E-state index in [1.807, 2.05) is 0 Å². The predicted octanol–water partition coefficient (Wildman–Crippen LogP) is 2.74. The second-order valence-corrected chi connectivity index (χ2v) is 5.36. The predicted molar refractivity (Wildman–Crippen MR) is 60.7 cm³/mol. The quantitative estimate of drug-likeness (QED) is 0.686. The van der Waals surface area contributed by atoms with Crippen molar-refractivity contribution in [2.45, 2.75) is 58.0 Å². The number of hydrogen-bond donors (Lipinski definition) is 1. The Morgan fingerprint density at radius 1 is 1.33 bits per heavy atom. The first-order valence-corrected chi connectivity index (χ1v) is 6.55. The fraction of sp³-hybridized carbons (Fsp3) is 1.00. The number of rotatable bonds is 6. The van der Waals surface area contributed by atoms with Gasteiger partial charge in [0.05, 0.1) is 12.7 Å². The summed E-state index contributed by atoms with van der Waals surface area (Å²) in [6.07, 6.45) is 9.06. The Labute approximate surface area is 93.0 Å². The molecule has 1 saturated heterocycles. The van der Waals surface area contributed by atoms with Gasteiger partial charge in [0, 0.05) is 12.0 Å². The van der Waals surface area contributed by atoms with Crippen LogP contribution < -0.4 is 0 Å². The zero-order valence-electron chi connectivity index (χ0n) is 9.87. The minimum absolute atomic E-state index is 0.121. The molecule has 2 nitrogen and oxygen atoms in total. The molecule has 1 saturated carbocycles. The molecule has 0 aromatic rings. The van der Waals surface area contributed by atoms with E-state index in [0.29, 0.717) is 12.7 Å². The molecule has 2 rings (SSSR count). The van der Waals surface area contributed by atoms with Gasteiger partial charge in [-0.1, -0.05) is 26.2 Å². The van der Waals surface area contributed by atoms with E-state index in [9.17, 15) is 5.11 Å².